The predicted octanol–water partition coefficient (Wildman–Crippen LogP) is 4.80. The molecule has 21 heavy (non-hydrogen) atoms. The van der Waals surface area contributed by atoms with E-state index in [4.69, 9.17) is 4.74 Å². The van der Waals surface area contributed by atoms with Crippen LogP contribution in [-0.4, -0.2) is 13.7 Å². The lowest BCUT2D eigenvalue weighted by atomic mass is 10.1. The average Bonchev–Trinajstić information content (AvgIpc) is 2.70. The van der Waals surface area contributed by atoms with E-state index in [-0.39, 0.29) is 0 Å². The van der Waals surface area contributed by atoms with Crippen LogP contribution >= 0.6 is 15.9 Å². The first-order valence-corrected chi connectivity index (χ1v) is 8.22. The summed E-state index contributed by atoms with van der Waals surface area (Å²) in [7, 11) is 1.74. The second-order valence-corrected chi connectivity index (χ2v) is 6.38. The van der Waals surface area contributed by atoms with Crippen LogP contribution in [0.1, 0.15) is 24.0 Å². The minimum Gasteiger partial charge on any atom is -0.496 e. The molecule has 1 aliphatic rings. The highest BCUT2D eigenvalue weighted by molar-refractivity contribution is 9.10. The molecule has 2 aromatic rings. The molecule has 1 heterocycles. The van der Waals surface area contributed by atoms with Crippen LogP contribution in [0.25, 0.3) is 0 Å². The van der Waals surface area contributed by atoms with Gasteiger partial charge in [-0.05, 0) is 49.1 Å². The molecule has 0 fully saturated rings. The molecular weight excluding hydrogens is 326 g/mol. The first-order valence-electron chi connectivity index (χ1n) is 7.43. The standard InChI is InChI=1S/C18H20BrNO/c1-21-18-10-9-16(19)12-15(18)13-20-11-5-4-7-14-6-2-3-8-17(14)20/h2-3,6,8-10,12H,4-5,7,11,13H2,1H3. The van der Waals surface area contributed by atoms with Gasteiger partial charge >= 0.3 is 0 Å². The molecule has 0 atom stereocenters. The van der Waals surface area contributed by atoms with E-state index in [1.807, 2.05) is 12.1 Å². The van der Waals surface area contributed by atoms with E-state index in [1.165, 1.54) is 36.1 Å². The summed E-state index contributed by atoms with van der Waals surface area (Å²) in [4.78, 5) is 2.48. The second-order valence-electron chi connectivity index (χ2n) is 5.46. The fourth-order valence-electron chi connectivity index (χ4n) is 3.01. The molecule has 0 aromatic heterocycles. The van der Waals surface area contributed by atoms with Crippen molar-refractivity contribution in [3.05, 3.63) is 58.1 Å². The minimum atomic E-state index is 0.889. The number of benzene rings is 2. The van der Waals surface area contributed by atoms with E-state index >= 15 is 0 Å². The van der Waals surface area contributed by atoms with Gasteiger partial charge in [0.15, 0.2) is 0 Å². The van der Waals surface area contributed by atoms with E-state index in [0.717, 1.165) is 23.3 Å². The van der Waals surface area contributed by atoms with Crippen molar-refractivity contribution < 1.29 is 4.74 Å². The number of halogens is 1. The van der Waals surface area contributed by atoms with Crippen LogP contribution < -0.4 is 9.64 Å². The van der Waals surface area contributed by atoms with Crippen LogP contribution in [0.15, 0.2) is 46.9 Å². The molecule has 2 aromatic carbocycles. The van der Waals surface area contributed by atoms with Gasteiger partial charge in [-0.2, -0.15) is 0 Å². The third kappa shape index (κ3) is 3.24. The molecule has 1 aliphatic heterocycles. The fraction of sp³-hybridized carbons (Fsp3) is 0.333. The van der Waals surface area contributed by atoms with E-state index in [2.05, 4.69) is 51.2 Å². The highest BCUT2D eigenvalue weighted by atomic mass is 79.9. The van der Waals surface area contributed by atoms with E-state index in [9.17, 15) is 0 Å². The molecule has 0 N–H and O–H groups in total. The van der Waals surface area contributed by atoms with Crippen molar-refractivity contribution in [2.24, 2.45) is 0 Å². The Labute approximate surface area is 134 Å². The van der Waals surface area contributed by atoms with Gasteiger partial charge in [-0.25, -0.2) is 0 Å². The van der Waals surface area contributed by atoms with Gasteiger partial charge in [0.05, 0.1) is 7.11 Å². The van der Waals surface area contributed by atoms with Crippen molar-refractivity contribution in [3.8, 4) is 5.75 Å². The SMILES string of the molecule is COc1ccc(Br)cc1CN1CCCCc2ccccc21. The van der Waals surface area contributed by atoms with E-state index in [1.54, 1.807) is 7.11 Å². The Hall–Kier alpha value is -1.48. The van der Waals surface area contributed by atoms with Gasteiger partial charge in [0.2, 0.25) is 0 Å². The van der Waals surface area contributed by atoms with Crippen LogP contribution in [-0.2, 0) is 13.0 Å². The molecule has 0 saturated heterocycles. The summed E-state index contributed by atoms with van der Waals surface area (Å²) in [5, 5.41) is 0. The molecule has 3 rings (SSSR count). The van der Waals surface area contributed by atoms with Crippen LogP contribution in [0.2, 0.25) is 0 Å². The average molecular weight is 346 g/mol. The summed E-state index contributed by atoms with van der Waals surface area (Å²) >= 11 is 3.56. The Morgan fingerprint density at radius 1 is 1.14 bits per heavy atom. The number of methoxy groups -OCH3 is 1. The fourth-order valence-corrected chi connectivity index (χ4v) is 3.42. The number of fused-ring (bicyclic) bond motifs is 1. The molecule has 0 saturated carbocycles. The molecule has 0 bridgehead atoms. The van der Waals surface area contributed by atoms with Crippen molar-refractivity contribution in [2.45, 2.75) is 25.8 Å². The van der Waals surface area contributed by atoms with Gasteiger partial charge in [0.1, 0.15) is 5.75 Å². The van der Waals surface area contributed by atoms with E-state index < -0.39 is 0 Å². The zero-order valence-electron chi connectivity index (χ0n) is 12.3. The largest absolute Gasteiger partial charge is 0.496 e. The van der Waals surface area contributed by atoms with Crippen molar-refractivity contribution in [2.75, 3.05) is 18.6 Å². The molecular formula is C18H20BrNO. The van der Waals surface area contributed by atoms with Gasteiger partial charge in [-0.15, -0.1) is 0 Å². The van der Waals surface area contributed by atoms with Crippen LogP contribution in [0.5, 0.6) is 5.75 Å². The maximum atomic E-state index is 5.51. The summed E-state index contributed by atoms with van der Waals surface area (Å²) in [6, 6.07) is 15.0. The van der Waals surface area contributed by atoms with Gasteiger partial charge in [0.25, 0.3) is 0 Å². The molecule has 0 radical (unpaired) electrons. The lowest BCUT2D eigenvalue weighted by molar-refractivity contribution is 0.409. The molecule has 2 nitrogen and oxygen atoms in total. The third-order valence-corrected chi connectivity index (χ3v) is 4.55. The summed E-state index contributed by atoms with van der Waals surface area (Å²) < 4.78 is 6.61. The van der Waals surface area contributed by atoms with Gasteiger partial charge in [0, 0.05) is 28.8 Å². The normalized spacial score (nSPS) is 14.5. The zero-order chi connectivity index (χ0) is 14.7. The number of nitrogens with zero attached hydrogens (tertiary/aromatic N) is 1. The van der Waals surface area contributed by atoms with Crippen molar-refractivity contribution in [1.82, 2.24) is 0 Å². The smallest absolute Gasteiger partial charge is 0.123 e. The number of anilines is 1. The number of ether oxygens (including phenoxy) is 1. The maximum Gasteiger partial charge on any atom is 0.123 e. The predicted molar refractivity (Wildman–Crippen MR) is 91.1 cm³/mol. The molecule has 110 valence electrons. The Bertz CT molecular complexity index is 626. The Morgan fingerprint density at radius 3 is 2.86 bits per heavy atom. The number of hydrogen-bond donors (Lipinski definition) is 0. The van der Waals surface area contributed by atoms with Crippen LogP contribution in [0.3, 0.4) is 0 Å². The molecule has 0 spiro atoms. The second kappa shape index (κ2) is 6.52. The van der Waals surface area contributed by atoms with Crippen molar-refractivity contribution in [3.63, 3.8) is 0 Å². The number of rotatable bonds is 3. The molecule has 0 amide bonds. The lowest BCUT2D eigenvalue weighted by Gasteiger charge is -2.26. The summed E-state index contributed by atoms with van der Waals surface area (Å²) in [6.45, 7) is 1.99. The van der Waals surface area contributed by atoms with Gasteiger partial charge in [-0.1, -0.05) is 34.1 Å². The van der Waals surface area contributed by atoms with Crippen molar-refractivity contribution >= 4 is 21.6 Å². The monoisotopic (exact) mass is 345 g/mol. The minimum absolute atomic E-state index is 0.889. The Morgan fingerprint density at radius 2 is 2.00 bits per heavy atom. The lowest BCUT2D eigenvalue weighted by Crippen LogP contribution is -2.23. The first kappa shape index (κ1) is 14.5. The quantitative estimate of drug-likeness (QED) is 0.792. The van der Waals surface area contributed by atoms with E-state index in [0.29, 0.717) is 0 Å². The third-order valence-electron chi connectivity index (χ3n) is 4.06. The Balaban J connectivity index is 1.93. The van der Waals surface area contributed by atoms with Crippen LogP contribution in [0, 0.1) is 0 Å². The zero-order valence-corrected chi connectivity index (χ0v) is 13.9. The summed E-state index contributed by atoms with van der Waals surface area (Å²) in [5.41, 5.74) is 4.06. The Kier molecular flexibility index (Phi) is 4.49. The van der Waals surface area contributed by atoms with Gasteiger partial charge in [-0.3, -0.25) is 0 Å². The van der Waals surface area contributed by atoms with Crippen LogP contribution in [0.4, 0.5) is 5.69 Å². The highest BCUT2D eigenvalue weighted by Gasteiger charge is 2.16. The van der Waals surface area contributed by atoms with Gasteiger partial charge < -0.3 is 9.64 Å². The molecule has 0 unspecified atom stereocenters. The molecule has 3 heteroatoms. The first-order chi connectivity index (χ1) is 10.3. The summed E-state index contributed by atoms with van der Waals surface area (Å²) in [5.74, 6) is 0.958. The number of hydrogen-bond acceptors (Lipinski definition) is 2. The number of aryl methyl sites for hydroxylation is 1. The molecule has 0 aliphatic carbocycles. The number of para-hydroxylation sites is 1. The topological polar surface area (TPSA) is 12.5 Å². The highest BCUT2D eigenvalue weighted by Crippen LogP contribution is 2.30. The van der Waals surface area contributed by atoms with Crippen molar-refractivity contribution in [1.29, 1.82) is 0 Å². The maximum absolute atomic E-state index is 5.51. The summed E-state index contributed by atoms with van der Waals surface area (Å²) in [6.07, 6.45) is 3.69.